The van der Waals surface area contributed by atoms with E-state index < -0.39 is 222 Å². The van der Waals surface area contributed by atoms with Gasteiger partial charge in [0.1, 0.15) is 12.2 Å². The first-order chi connectivity index (χ1) is 57.6. The predicted octanol–water partition coefficient (Wildman–Crippen LogP) is 14.0. The number of nitrogens with zero attached hydrogens (tertiary/aromatic N) is 4. The molecule has 6 heterocycles. The Balaban J connectivity index is 0.000000241. The lowest BCUT2D eigenvalue weighted by Crippen LogP contribution is -2.49. The summed E-state index contributed by atoms with van der Waals surface area (Å²) >= 11 is 0. The van der Waals surface area contributed by atoms with Crippen molar-refractivity contribution in [3.63, 3.8) is 0 Å². The van der Waals surface area contributed by atoms with Crippen molar-refractivity contribution in [2.45, 2.75) is 255 Å². The van der Waals surface area contributed by atoms with Crippen LogP contribution in [0.15, 0.2) is 73.1 Å². The van der Waals surface area contributed by atoms with Gasteiger partial charge >= 0.3 is 24.3 Å². The normalized spacial score (nSPS) is 30.3. The number of nitrogens with one attached hydrogen (secondary N) is 2. The average Bonchev–Trinajstić information content (AvgIpc) is 1.55. The SMILES string of the molecule is [2H]C([2H])([2H])C1(S(=O)(=O)NC(=O)[C@]23CC(=O)[C@@H]4C[C@@H](Oc5nccc6cc(OC)c(F)cc56)CN4C(=O)[C@@H](CC(=O)OC(C)(C)C(F)(F)F)[C@H](CC)C[C@@H](C)CC/C=C\[C@@H]2C3)CC1.[2H]C([2H])([2H])C1(S(=O)(=O)NC(=O)[C@]23CC(=O)[C@@H]4C[C@@H](Oc5nccc6cc(OC)c(F)cc56)CN4C(=O)[C@@H](CC(=O)OC(C)(C)C(F)(F)F)[C@H](CC)C[C@H](C)CC/C=C\[C@@H]2C3)CC1. The van der Waals surface area contributed by atoms with Crippen LogP contribution in [0, 0.1) is 69.8 Å². The number of esters is 2. The zero-order chi connectivity index (χ0) is 91.6. The number of hydrogen-bond acceptors (Lipinski definition) is 20. The number of Topliss-reactive ketones (excluding diaryl/α,β-unsaturated/α-hetero) is 2. The Bertz CT molecular complexity index is 4780. The molecule has 8 aliphatic rings. The second kappa shape index (κ2) is 34.2. The van der Waals surface area contributed by atoms with Crippen LogP contribution in [0.4, 0.5) is 35.1 Å². The molecule has 6 fully saturated rings. The Morgan fingerprint density at radius 3 is 1.26 bits per heavy atom. The van der Waals surface area contributed by atoms with Gasteiger partial charge in [-0.2, -0.15) is 26.3 Å². The minimum absolute atomic E-state index is 0.0368. The fraction of sp³-hybridized carbons (Fsp3) is 0.643. The quantitative estimate of drug-likeness (QED) is 0.0472. The first-order valence-electron chi connectivity index (χ1n) is 42.9. The summed E-state index contributed by atoms with van der Waals surface area (Å²) < 4.78 is 247. The van der Waals surface area contributed by atoms with Crippen LogP contribution < -0.4 is 28.4 Å². The fourth-order valence-electron chi connectivity index (χ4n) is 16.7. The van der Waals surface area contributed by atoms with E-state index in [9.17, 15) is 90.3 Å². The summed E-state index contributed by atoms with van der Waals surface area (Å²) in [5.74, 6) is -14.0. The molecule has 4 saturated carbocycles. The van der Waals surface area contributed by atoms with Crippen LogP contribution in [0.2, 0.25) is 0 Å². The number of rotatable bonds is 20. The molecule has 4 amide bonds. The summed E-state index contributed by atoms with van der Waals surface area (Å²) in [5, 5.41) is 1.48. The molecule has 2 N–H and O–H groups in total. The van der Waals surface area contributed by atoms with Gasteiger partial charge in [0.05, 0.1) is 84.4 Å². The summed E-state index contributed by atoms with van der Waals surface area (Å²) in [6.07, 6.45) is -1.94. The Labute approximate surface area is 690 Å². The maximum atomic E-state index is 15.0. The third-order valence-corrected chi connectivity index (χ3v) is 28.7. The van der Waals surface area contributed by atoms with Crippen LogP contribution in [-0.4, -0.2) is 168 Å². The molecule has 24 nitrogen and oxygen atoms in total. The molecule has 4 aromatic rings. The highest BCUT2D eigenvalue weighted by Crippen LogP contribution is 2.60. The lowest BCUT2D eigenvalue weighted by molar-refractivity contribution is -0.257. The van der Waals surface area contributed by atoms with Gasteiger partial charge < -0.3 is 38.2 Å². The number of allylic oxidation sites excluding steroid dienone is 4. The lowest BCUT2D eigenvalue weighted by Gasteiger charge is -2.34. The molecule has 0 bridgehead atoms. The van der Waals surface area contributed by atoms with E-state index in [2.05, 4.69) is 9.97 Å². The standard InChI is InChI=1S/2C42H53F4N3O9S/c2*1-7-25-16-24(2)10-8-9-11-27-21-41(27,38(53)48-59(54,55)40(5)13-14-40)22-33(50)32-18-28(57-36-29-19-31(43)34(56-6)17-26(29)12-15-47-36)23-49(32)37(52)30(25)20-35(51)58-39(3,4)42(44,45)46/h2*9,11-12,15,17,19,24-25,27-28,30,32H,7-8,10,13-14,16,18,20-23H2,1-6H3,(H,48,53)/b2*11-9-/t24-,25+,27+,28+,30-,32-,41+;24-,25-,27-,28-,30+,32+,41-/m01/s1/i2*5D3. The molecule has 4 aliphatic heterocycles. The van der Waals surface area contributed by atoms with Crippen molar-refractivity contribution in [3.05, 3.63) is 84.7 Å². The van der Waals surface area contributed by atoms with Gasteiger partial charge in [0.15, 0.2) is 34.7 Å². The summed E-state index contributed by atoms with van der Waals surface area (Å²) in [4.78, 5) is 125. The number of carbonyl (C=O) groups excluding carboxylic acids is 8. The van der Waals surface area contributed by atoms with Crippen LogP contribution in [0.25, 0.3) is 21.5 Å². The minimum Gasteiger partial charge on any atom is -0.494 e. The molecule has 12 rings (SSSR count). The third kappa shape index (κ3) is 19.3. The number of amides is 4. The molecule has 2 saturated heterocycles. The number of alkyl halides is 6. The van der Waals surface area contributed by atoms with E-state index in [1.54, 1.807) is 38.1 Å². The molecular formula is C84H106F8N6O18S2. The second-order valence-corrected chi connectivity index (χ2v) is 38.3. The Kier molecular flexibility index (Phi) is 23.7. The number of aromatic nitrogens is 2. The van der Waals surface area contributed by atoms with E-state index in [0.29, 0.717) is 89.8 Å². The summed E-state index contributed by atoms with van der Waals surface area (Å²) in [5.41, 5.74) is -9.01. The highest BCUT2D eigenvalue weighted by molar-refractivity contribution is 7.92. The molecule has 2 aromatic heterocycles. The maximum Gasteiger partial charge on any atom is 0.427 e. The number of hydrogen-bond donors (Lipinski definition) is 2. The fourth-order valence-corrected chi connectivity index (χ4v) is 19.3. The largest absolute Gasteiger partial charge is 0.494 e. The van der Waals surface area contributed by atoms with Gasteiger partial charge in [-0.05, 0) is 201 Å². The molecule has 4 aliphatic carbocycles. The van der Waals surface area contributed by atoms with Gasteiger partial charge in [0.25, 0.3) is 0 Å². The van der Waals surface area contributed by atoms with Crippen molar-refractivity contribution in [3.8, 4) is 23.3 Å². The van der Waals surface area contributed by atoms with Gasteiger partial charge in [-0.25, -0.2) is 35.6 Å². The monoisotopic (exact) mass is 1710 g/mol. The number of methoxy groups -OCH3 is 2. The number of ether oxygens (including phenoxy) is 6. The van der Waals surface area contributed by atoms with E-state index in [4.69, 9.17) is 36.6 Å². The van der Waals surface area contributed by atoms with Crippen molar-refractivity contribution < 1.29 is 127 Å². The molecule has 2 aromatic carbocycles. The van der Waals surface area contributed by atoms with Crippen LogP contribution in [0.5, 0.6) is 23.3 Å². The van der Waals surface area contributed by atoms with Crippen molar-refractivity contribution >= 4 is 88.7 Å². The zero-order valence-corrected chi connectivity index (χ0v) is 69.0. The number of halogens is 8. The second-order valence-electron chi connectivity index (χ2n) is 34.3. The Hall–Kier alpha value is -8.56. The van der Waals surface area contributed by atoms with Gasteiger partial charge in [0, 0.05) is 57.1 Å². The Morgan fingerprint density at radius 1 is 0.576 bits per heavy atom. The highest BCUT2D eigenvalue weighted by Gasteiger charge is 2.65. The number of ketones is 2. The number of pyridine rings is 2. The summed E-state index contributed by atoms with van der Waals surface area (Å²) in [6.45, 7) is 3.83. The predicted molar refractivity (Wildman–Crippen MR) is 416 cm³/mol. The van der Waals surface area contributed by atoms with Gasteiger partial charge in [-0.3, -0.25) is 47.8 Å². The zero-order valence-electron chi connectivity index (χ0n) is 73.4. The molecule has 648 valence electrons. The maximum absolute atomic E-state index is 15.0. The van der Waals surface area contributed by atoms with Crippen molar-refractivity contribution in [1.82, 2.24) is 29.2 Å². The summed E-state index contributed by atoms with van der Waals surface area (Å²) in [6, 6.07) is 5.71. The lowest BCUT2D eigenvalue weighted by atomic mass is 9.79. The van der Waals surface area contributed by atoms with Gasteiger partial charge in [0.2, 0.25) is 66.6 Å². The van der Waals surface area contributed by atoms with E-state index in [1.165, 1.54) is 48.5 Å². The molecule has 14 atom stereocenters. The van der Waals surface area contributed by atoms with Crippen LogP contribution >= 0.6 is 0 Å². The molecular weight excluding hydrogens is 1600 g/mol. The van der Waals surface area contributed by atoms with Crippen molar-refractivity contribution in [1.29, 1.82) is 0 Å². The average molecular weight is 1710 g/mol. The van der Waals surface area contributed by atoms with E-state index in [-0.39, 0.29) is 110 Å². The number of fused-ring (bicyclic) bond motifs is 6. The number of sulfonamides is 2. The topological polar surface area (TPSA) is 317 Å². The smallest absolute Gasteiger partial charge is 0.427 e. The third-order valence-electron chi connectivity index (χ3n) is 24.9. The summed E-state index contributed by atoms with van der Waals surface area (Å²) in [7, 11) is -6.87. The molecule has 0 radical (unpaired) electrons. The van der Waals surface area contributed by atoms with Crippen LogP contribution in [0.1, 0.15) is 206 Å². The first kappa shape index (κ1) is 81.8. The van der Waals surface area contributed by atoms with E-state index in [0.717, 1.165) is 12.1 Å². The minimum atomic E-state index is -4.92. The van der Waals surface area contributed by atoms with Crippen molar-refractivity contribution in [2.24, 2.45) is 58.2 Å². The van der Waals surface area contributed by atoms with Crippen LogP contribution in [0.3, 0.4) is 0 Å². The van der Waals surface area contributed by atoms with Crippen molar-refractivity contribution in [2.75, 3.05) is 27.3 Å². The number of benzene rings is 2. The Morgan fingerprint density at radius 2 is 0.941 bits per heavy atom. The molecule has 0 spiro atoms. The molecule has 118 heavy (non-hydrogen) atoms. The van der Waals surface area contributed by atoms with Gasteiger partial charge in [-0.15, -0.1) is 0 Å². The first-order valence-corrected chi connectivity index (χ1v) is 42.8. The van der Waals surface area contributed by atoms with Crippen LogP contribution in [-0.2, 0) is 67.9 Å². The van der Waals surface area contributed by atoms with E-state index >= 15 is 0 Å². The van der Waals surface area contributed by atoms with E-state index in [1.807, 2.05) is 35.4 Å². The highest BCUT2D eigenvalue weighted by atomic mass is 32.2. The van der Waals surface area contributed by atoms with Gasteiger partial charge in [-0.1, -0.05) is 64.8 Å². The molecule has 34 heteroatoms. The number of carbonyl (C=O) groups is 8. The molecule has 0 unspecified atom stereocenters.